The van der Waals surface area contributed by atoms with Crippen LogP contribution in [0.2, 0.25) is 0 Å². The fourth-order valence-electron chi connectivity index (χ4n) is 2.47. The fourth-order valence-corrected chi connectivity index (χ4v) is 2.47. The van der Waals surface area contributed by atoms with Gasteiger partial charge in [0.25, 0.3) is 0 Å². The minimum Gasteiger partial charge on any atom is -0.368 e. The van der Waals surface area contributed by atoms with Gasteiger partial charge in [0.05, 0.1) is 13.1 Å². The van der Waals surface area contributed by atoms with E-state index in [-0.39, 0.29) is 25.4 Å². The van der Waals surface area contributed by atoms with Crippen molar-refractivity contribution in [2.24, 2.45) is 17.4 Å². The second-order valence-corrected chi connectivity index (χ2v) is 8.73. The lowest BCUT2D eigenvalue weighted by Crippen LogP contribution is -2.50. The van der Waals surface area contributed by atoms with E-state index in [2.05, 4.69) is 43.6 Å². The lowest BCUT2D eigenvalue weighted by molar-refractivity contribution is -0.130. The van der Waals surface area contributed by atoms with Crippen LogP contribution in [0.1, 0.15) is 72.3 Å². The zero-order valence-corrected chi connectivity index (χ0v) is 22.2. The number of amides is 4. The van der Waals surface area contributed by atoms with Gasteiger partial charge in [-0.15, -0.1) is 0 Å². The molecule has 9 heteroatoms. The number of rotatable bonds is 13. The van der Waals surface area contributed by atoms with Crippen LogP contribution in [0.4, 0.5) is 0 Å². The van der Waals surface area contributed by atoms with Gasteiger partial charge in [-0.05, 0) is 37.3 Å². The molecule has 1 atom stereocenters. The van der Waals surface area contributed by atoms with Gasteiger partial charge >= 0.3 is 0 Å². The van der Waals surface area contributed by atoms with Gasteiger partial charge in [0.2, 0.25) is 23.6 Å². The quantitative estimate of drug-likeness (QED) is 0.284. The highest BCUT2D eigenvalue weighted by Gasteiger charge is 2.20. The van der Waals surface area contributed by atoms with Crippen molar-refractivity contribution < 1.29 is 19.2 Å². The molecule has 0 aliphatic carbocycles. The number of nitrogens with two attached hydrogens (primary N) is 2. The van der Waals surface area contributed by atoms with E-state index in [0.29, 0.717) is 19.3 Å². The summed E-state index contributed by atoms with van der Waals surface area (Å²) in [5, 5.41) is 7.45. The van der Waals surface area contributed by atoms with Crippen LogP contribution in [0.15, 0.2) is 30.3 Å². The topological polar surface area (TPSA) is 156 Å². The highest BCUT2D eigenvalue weighted by Crippen LogP contribution is 2.02. The summed E-state index contributed by atoms with van der Waals surface area (Å²) in [6, 6.07) is 8.80. The molecule has 0 heterocycles. The molecule has 0 aliphatic heterocycles. The summed E-state index contributed by atoms with van der Waals surface area (Å²) < 4.78 is 0. The normalized spacial score (nSPS) is 10.6. The van der Waals surface area contributed by atoms with Gasteiger partial charge in [0, 0.05) is 6.42 Å². The number of carbonyl (C=O) groups excluding carboxylic acids is 4. The first kappa shape index (κ1) is 34.2. The highest BCUT2D eigenvalue weighted by atomic mass is 16.2. The first-order chi connectivity index (χ1) is 16.6. The summed E-state index contributed by atoms with van der Waals surface area (Å²) in [4.78, 5) is 46.4. The van der Waals surface area contributed by atoms with Crippen molar-refractivity contribution in [1.29, 1.82) is 0 Å². The van der Waals surface area contributed by atoms with Gasteiger partial charge < -0.3 is 27.4 Å². The van der Waals surface area contributed by atoms with Crippen molar-refractivity contribution in [1.82, 2.24) is 16.0 Å². The summed E-state index contributed by atoms with van der Waals surface area (Å²) in [6.07, 6.45) is 4.32. The number of benzene rings is 1. The van der Waals surface area contributed by atoms with Crippen molar-refractivity contribution in [3.05, 3.63) is 35.9 Å². The van der Waals surface area contributed by atoms with Crippen molar-refractivity contribution >= 4 is 23.6 Å². The second-order valence-electron chi connectivity index (χ2n) is 8.73. The largest absolute Gasteiger partial charge is 0.368 e. The van der Waals surface area contributed by atoms with Crippen molar-refractivity contribution in [2.75, 3.05) is 19.6 Å². The molecule has 0 saturated heterocycles. The maximum Gasteiger partial charge on any atom is 0.243 e. The zero-order chi connectivity index (χ0) is 27.1. The third kappa shape index (κ3) is 24.0. The molecule has 1 aromatic carbocycles. The van der Waals surface area contributed by atoms with Gasteiger partial charge in [-0.25, -0.2) is 0 Å². The van der Waals surface area contributed by atoms with Crippen LogP contribution in [0.3, 0.4) is 0 Å². The average Bonchev–Trinajstić information content (AvgIpc) is 2.81. The number of hydrogen-bond acceptors (Lipinski definition) is 5. The predicted octanol–water partition coefficient (Wildman–Crippen LogP) is 2.03. The molecule has 4 amide bonds. The van der Waals surface area contributed by atoms with E-state index in [1.165, 1.54) is 12.8 Å². The molecule has 0 unspecified atom stereocenters. The molecule has 9 nitrogen and oxygen atoms in total. The molecule has 1 rings (SSSR count). The Bertz CT molecular complexity index is 706. The van der Waals surface area contributed by atoms with Gasteiger partial charge in [0.1, 0.15) is 6.04 Å². The molecule has 0 aromatic heterocycles. The SMILES string of the molecule is CC(C)C.CCCCN.CCC[C@H](NC(=O)CNC(=O)CCc1ccccc1)C(=O)NCC(N)=O. The molecule has 0 radical (unpaired) electrons. The molecule has 0 aliphatic rings. The maximum absolute atomic E-state index is 12.0. The standard InChI is InChI=1S/C18H26N4O4.C4H11N.C4H10/c1-2-6-14(18(26)21-11-15(19)23)22-17(25)12-20-16(24)10-9-13-7-4-3-5-8-13;1-2-3-4-5;1-4(2)3/h3-5,7-8,14H,2,6,9-12H2,1H3,(H2,19,23)(H,20,24)(H,21,26)(H,22,25);2-5H2,1H3;4H,1-3H3/t14-;;/m0../s1. The summed E-state index contributed by atoms with van der Waals surface area (Å²) >= 11 is 0. The number of nitrogens with one attached hydrogen (secondary N) is 3. The summed E-state index contributed by atoms with van der Waals surface area (Å²) in [5.41, 5.74) is 11.2. The van der Waals surface area contributed by atoms with Crippen LogP contribution < -0.4 is 27.4 Å². The van der Waals surface area contributed by atoms with E-state index >= 15 is 0 Å². The highest BCUT2D eigenvalue weighted by molar-refractivity contribution is 5.91. The Morgan fingerprint density at radius 2 is 1.49 bits per heavy atom. The number of hydrogen-bond donors (Lipinski definition) is 5. The number of carbonyl (C=O) groups is 4. The minimum absolute atomic E-state index is 0.211. The Balaban J connectivity index is 0. The molecule has 0 bridgehead atoms. The maximum atomic E-state index is 12.0. The third-order valence-electron chi connectivity index (χ3n) is 4.15. The first-order valence-corrected chi connectivity index (χ1v) is 12.4. The van der Waals surface area contributed by atoms with Crippen molar-refractivity contribution in [2.45, 2.75) is 79.2 Å². The van der Waals surface area contributed by atoms with Crippen LogP contribution in [0.25, 0.3) is 0 Å². The lowest BCUT2D eigenvalue weighted by Gasteiger charge is -2.17. The van der Waals surface area contributed by atoms with Crippen molar-refractivity contribution in [3.8, 4) is 0 Å². The fraction of sp³-hybridized carbons (Fsp3) is 0.615. The number of primary amides is 1. The van der Waals surface area contributed by atoms with E-state index in [1.807, 2.05) is 37.3 Å². The molecule has 0 spiro atoms. The van der Waals surface area contributed by atoms with Gasteiger partial charge in [-0.2, -0.15) is 0 Å². The summed E-state index contributed by atoms with van der Waals surface area (Å²) in [6.45, 7) is 10.8. The van der Waals surface area contributed by atoms with Crippen LogP contribution in [-0.4, -0.2) is 49.3 Å². The zero-order valence-electron chi connectivity index (χ0n) is 22.2. The van der Waals surface area contributed by atoms with Gasteiger partial charge in [-0.3, -0.25) is 19.2 Å². The first-order valence-electron chi connectivity index (χ1n) is 12.4. The van der Waals surface area contributed by atoms with Crippen LogP contribution >= 0.6 is 0 Å². The number of aryl methyl sites for hydroxylation is 1. The van der Waals surface area contributed by atoms with E-state index in [0.717, 1.165) is 18.0 Å². The average molecular weight is 494 g/mol. The molecule has 200 valence electrons. The molecule has 0 fully saturated rings. The monoisotopic (exact) mass is 493 g/mol. The molecule has 35 heavy (non-hydrogen) atoms. The molecule has 0 saturated carbocycles. The molecular weight excluding hydrogens is 446 g/mol. The molecular formula is C26H47N5O4. The minimum atomic E-state index is -0.770. The Morgan fingerprint density at radius 1 is 0.886 bits per heavy atom. The van der Waals surface area contributed by atoms with Gasteiger partial charge in [-0.1, -0.05) is 77.8 Å². The van der Waals surface area contributed by atoms with E-state index < -0.39 is 23.8 Å². The smallest absolute Gasteiger partial charge is 0.243 e. The van der Waals surface area contributed by atoms with Crippen LogP contribution in [-0.2, 0) is 25.6 Å². The summed E-state index contributed by atoms with van der Waals surface area (Å²) in [7, 11) is 0. The Hall–Kier alpha value is -2.94. The molecule has 7 N–H and O–H groups in total. The molecule has 1 aromatic rings. The van der Waals surface area contributed by atoms with E-state index in [4.69, 9.17) is 11.5 Å². The van der Waals surface area contributed by atoms with Crippen LogP contribution in [0.5, 0.6) is 0 Å². The van der Waals surface area contributed by atoms with Gasteiger partial charge in [0.15, 0.2) is 0 Å². The van der Waals surface area contributed by atoms with E-state index in [9.17, 15) is 19.2 Å². The second kappa shape index (κ2) is 22.8. The summed E-state index contributed by atoms with van der Waals surface area (Å²) in [5.74, 6) is -1.01. The number of unbranched alkanes of at least 4 members (excludes halogenated alkanes) is 1. The van der Waals surface area contributed by atoms with E-state index in [1.54, 1.807) is 0 Å². The predicted molar refractivity (Wildman–Crippen MR) is 141 cm³/mol. The van der Waals surface area contributed by atoms with Crippen molar-refractivity contribution in [3.63, 3.8) is 0 Å². The Kier molecular flexibility index (Phi) is 22.3. The Morgan fingerprint density at radius 3 is 1.94 bits per heavy atom. The van der Waals surface area contributed by atoms with Crippen LogP contribution in [0, 0.1) is 5.92 Å². The Labute approximate surface area is 211 Å². The third-order valence-corrected chi connectivity index (χ3v) is 4.15. The lowest BCUT2D eigenvalue weighted by atomic mass is 10.1.